The van der Waals surface area contributed by atoms with Gasteiger partial charge in [0.2, 0.25) is 0 Å². The van der Waals surface area contributed by atoms with Crippen LogP contribution in [0.3, 0.4) is 0 Å². The fraction of sp³-hybridized carbons (Fsp3) is 0.400. The molecule has 0 atom stereocenters. The zero-order valence-electron chi connectivity index (χ0n) is 13.1. The second-order valence-corrected chi connectivity index (χ2v) is 6.56. The predicted molar refractivity (Wildman–Crippen MR) is 90.2 cm³/mol. The number of amides is 1. The van der Waals surface area contributed by atoms with Crippen molar-refractivity contribution in [2.75, 3.05) is 11.4 Å². The third-order valence-corrected chi connectivity index (χ3v) is 4.97. The Balaban J connectivity index is 1.78. The van der Waals surface area contributed by atoms with E-state index >= 15 is 0 Å². The highest BCUT2D eigenvalue weighted by Crippen LogP contribution is 2.32. The number of rotatable bonds is 6. The molecule has 9 heteroatoms. The van der Waals surface area contributed by atoms with Crippen LogP contribution in [0.5, 0.6) is 0 Å². The van der Waals surface area contributed by atoms with Crippen LogP contribution in [0.2, 0.25) is 0 Å². The van der Waals surface area contributed by atoms with Crippen molar-refractivity contribution in [2.45, 2.75) is 32.2 Å². The second kappa shape index (κ2) is 6.91. The first-order valence-corrected chi connectivity index (χ1v) is 8.48. The van der Waals surface area contributed by atoms with E-state index in [1.807, 2.05) is 0 Å². The lowest BCUT2D eigenvalue weighted by Gasteiger charge is -2.17. The monoisotopic (exact) mass is 347 g/mol. The largest absolute Gasteiger partial charge is 0.389 e. The molecule has 3 rings (SSSR count). The van der Waals surface area contributed by atoms with Gasteiger partial charge >= 0.3 is 5.82 Å². The number of carbonyl (C=O) groups excluding carboxylic acids is 1. The van der Waals surface area contributed by atoms with Crippen LogP contribution in [0.1, 0.15) is 23.4 Å². The van der Waals surface area contributed by atoms with E-state index in [1.165, 1.54) is 21.8 Å². The Morgan fingerprint density at radius 1 is 1.50 bits per heavy atom. The Morgan fingerprint density at radius 2 is 2.29 bits per heavy atom. The predicted octanol–water partition coefficient (Wildman–Crippen LogP) is 2.35. The van der Waals surface area contributed by atoms with Gasteiger partial charge in [-0.25, -0.2) is 4.98 Å². The molecule has 0 radical (unpaired) electrons. The van der Waals surface area contributed by atoms with Gasteiger partial charge in [-0.2, -0.15) is 4.68 Å². The van der Waals surface area contributed by atoms with Crippen LogP contribution in [-0.4, -0.2) is 32.1 Å². The van der Waals surface area contributed by atoms with Crippen molar-refractivity contribution in [1.82, 2.24) is 14.8 Å². The lowest BCUT2D eigenvalue weighted by molar-refractivity contribution is -0.389. The molecule has 126 valence electrons. The van der Waals surface area contributed by atoms with Crippen molar-refractivity contribution >= 4 is 28.2 Å². The summed E-state index contributed by atoms with van der Waals surface area (Å²) in [6.45, 7) is 3.96. The maximum atomic E-state index is 12.6. The van der Waals surface area contributed by atoms with E-state index in [9.17, 15) is 14.9 Å². The lowest BCUT2D eigenvalue weighted by Crippen LogP contribution is -2.34. The molecule has 0 saturated heterocycles. The van der Waals surface area contributed by atoms with E-state index in [0.29, 0.717) is 11.7 Å². The average Bonchev–Trinajstić information content (AvgIpc) is 3.18. The minimum Gasteiger partial charge on any atom is -0.358 e. The molecule has 0 bridgehead atoms. The van der Waals surface area contributed by atoms with E-state index in [1.54, 1.807) is 22.3 Å². The summed E-state index contributed by atoms with van der Waals surface area (Å²) in [6.07, 6.45) is 7.31. The van der Waals surface area contributed by atoms with Gasteiger partial charge < -0.3 is 10.1 Å². The molecular weight excluding hydrogens is 330 g/mol. The van der Waals surface area contributed by atoms with Crippen molar-refractivity contribution in [1.29, 1.82) is 0 Å². The van der Waals surface area contributed by atoms with Gasteiger partial charge in [0.25, 0.3) is 5.91 Å². The number of carbonyl (C=O) groups is 1. The van der Waals surface area contributed by atoms with Gasteiger partial charge in [0.05, 0.1) is 23.1 Å². The van der Waals surface area contributed by atoms with Crippen LogP contribution in [0.15, 0.2) is 24.9 Å². The van der Waals surface area contributed by atoms with E-state index < -0.39 is 4.92 Å². The Hall–Kier alpha value is -2.55. The SMILES string of the molecule is C=CCN(C(=O)Cn1ccc([N+](=O)[O-])n1)c1nc2c(s1)CCCC2. The molecule has 0 unspecified atom stereocenters. The Kier molecular flexibility index (Phi) is 4.70. The summed E-state index contributed by atoms with van der Waals surface area (Å²) in [6, 6.07) is 1.27. The smallest absolute Gasteiger partial charge is 0.358 e. The summed E-state index contributed by atoms with van der Waals surface area (Å²) >= 11 is 1.54. The molecule has 8 nitrogen and oxygen atoms in total. The van der Waals surface area contributed by atoms with Crippen LogP contribution in [0, 0.1) is 10.1 Å². The molecule has 2 heterocycles. The summed E-state index contributed by atoms with van der Waals surface area (Å²) < 4.78 is 1.27. The standard InChI is InChI=1S/C15H17N5O3S/c1-2-8-19(15-16-11-5-3-4-6-12(11)24-15)14(21)10-18-9-7-13(17-18)20(22)23/h2,7,9H,1,3-6,8,10H2. The molecule has 2 aromatic heterocycles. The Bertz CT molecular complexity index is 758. The quantitative estimate of drug-likeness (QED) is 0.454. The molecule has 0 N–H and O–H groups in total. The zero-order valence-corrected chi connectivity index (χ0v) is 13.9. The summed E-state index contributed by atoms with van der Waals surface area (Å²) in [7, 11) is 0. The molecule has 24 heavy (non-hydrogen) atoms. The fourth-order valence-electron chi connectivity index (χ4n) is 2.63. The number of anilines is 1. The summed E-state index contributed by atoms with van der Waals surface area (Å²) in [4.78, 5) is 30.1. The van der Waals surface area contributed by atoms with Gasteiger partial charge in [-0.15, -0.1) is 17.9 Å². The average molecular weight is 347 g/mol. The number of aryl methyl sites for hydroxylation is 2. The van der Waals surface area contributed by atoms with Crippen LogP contribution in [0.4, 0.5) is 10.9 Å². The van der Waals surface area contributed by atoms with E-state index in [0.717, 1.165) is 31.4 Å². The minimum absolute atomic E-state index is 0.0775. The highest BCUT2D eigenvalue weighted by atomic mass is 32.1. The molecule has 0 spiro atoms. The van der Waals surface area contributed by atoms with E-state index in [4.69, 9.17) is 0 Å². The van der Waals surface area contributed by atoms with Gasteiger partial charge in [-0.3, -0.25) is 9.69 Å². The molecule has 1 aliphatic carbocycles. The van der Waals surface area contributed by atoms with Crippen LogP contribution in [0.25, 0.3) is 0 Å². The molecule has 0 saturated carbocycles. The molecule has 2 aromatic rings. The molecule has 0 fully saturated rings. The normalized spacial score (nSPS) is 13.3. The summed E-state index contributed by atoms with van der Waals surface area (Å²) in [5.74, 6) is -0.498. The summed E-state index contributed by atoms with van der Waals surface area (Å²) in [5, 5.41) is 15.1. The number of hydrogen-bond donors (Lipinski definition) is 0. The second-order valence-electron chi connectivity index (χ2n) is 5.50. The first-order valence-electron chi connectivity index (χ1n) is 7.66. The van der Waals surface area contributed by atoms with Gasteiger partial charge in [-0.05, 0) is 30.6 Å². The van der Waals surface area contributed by atoms with E-state index in [-0.39, 0.29) is 18.3 Å². The number of fused-ring (bicyclic) bond motifs is 1. The Labute approximate surface area is 142 Å². The fourth-order valence-corrected chi connectivity index (χ4v) is 3.80. The molecule has 0 aromatic carbocycles. The van der Waals surface area contributed by atoms with Crippen molar-refractivity contribution < 1.29 is 9.72 Å². The third-order valence-electron chi connectivity index (χ3n) is 3.79. The highest BCUT2D eigenvalue weighted by Gasteiger charge is 2.24. The topological polar surface area (TPSA) is 94.2 Å². The lowest BCUT2D eigenvalue weighted by atomic mass is 10.0. The van der Waals surface area contributed by atoms with Gasteiger partial charge in [0, 0.05) is 11.4 Å². The van der Waals surface area contributed by atoms with Gasteiger partial charge in [0.15, 0.2) is 5.13 Å². The number of aromatic nitrogens is 3. The number of nitro groups is 1. The van der Waals surface area contributed by atoms with Crippen LogP contribution < -0.4 is 4.90 Å². The van der Waals surface area contributed by atoms with Crippen LogP contribution in [-0.2, 0) is 24.2 Å². The molecule has 0 aliphatic heterocycles. The third kappa shape index (κ3) is 3.35. The molecule has 1 aliphatic rings. The first kappa shape index (κ1) is 16.3. The van der Waals surface area contributed by atoms with Crippen molar-refractivity contribution in [2.24, 2.45) is 0 Å². The van der Waals surface area contributed by atoms with Crippen molar-refractivity contribution in [3.8, 4) is 0 Å². The zero-order chi connectivity index (χ0) is 17.1. The van der Waals surface area contributed by atoms with Gasteiger partial charge in [0.1, 0.15) is 6.54 Å². The first-order chi connectivity index (χ1) is 11.6. The number of hydrogen-bond acceptors (Lipinski definition) is 6. The number of thiazole rings is 1. The molecule has 1 amide bonds. The van der Waals surface area contributed by atoms with Crippen molar-refractivity contribution in [3.05, 3.63) is 45.6 Å². The Morgan fingerprint density at radius 3 is 2.96 bits per heavy atom. The maximum Gasteiger partial charge on any atom is 0.389 e. The summed E-state index contributed by atoms with van der Waals surface area (Å²) in [5.41, 5.74) is 1.08. The van der Waals surface area contributed by atoms with Crippen LogP contribution >= 0.6 is 11.3 Å². The molecular formula is C15H17N5O3S. The van der Waals surface area contributed by atoms with E-state index in [2.05, 4.69) is 16.7 Å². The van der Waals surface area contributed by atoms with Gasteiger partial charge in [-0.1, -0.05) is 6.08 Å². The minimum atomic E-state index is -0.586. The number of nitrogens with zero attached hydrogens (tertiary/aromatic N) is 5. The maximum absolute atomic E-state index is 12.6. The van der Waals surface area contributed by atoms with Crippen molar-refractivity contribution in [3.63, 3.8) is 0 Å². The highest BCUT2D eigenvalue weighted by molar-refractivity contribution is 7.16.